The number of oxazole rings is 1. The van der Waals surface area contributed by atoms with Crippen molar-refractivity contribution in [2.45, 2.75) is 19.4 Å². The number of amides is 1. The molecule has 1 N–H and O–H groups in total. The monoisotopic (exact) mass is 308 g/mol. The lowest BCUT2D eigenvalue weighted by Gasteiger charge is -2.14. The molecule has 116 valence electrons. The highest BCUT2D eigenvalue weighted by molar-refractivity contribution is 5.97. The summed E-state index contributed by atoms with van der Waals surface area (Å²) in [7, 11) is 0. The van der Waals surface area contributed by atoms with Crippen molar-refractivity contribution < 1.29 is 14.3 Å². The molecule has 3 aromatic rings. The van der Waals surface area contributed by atoms with E-state index < -0.39 is 0 Å². The summed E-state index contributed by atoms with van der Waals surface area (Å²) in [4.78, 5) is 18.2. The Labute approximate surface area is 133 Å². The molecule has 1 aliphatic rings. The molecule has 1 aliphatic heterocycles. The zero-order valence-electron chi connectivity index (χ0n) is 12.5. The fourth-order valence-electron chi connectivity index (χ4n) is 2.93. The number of hydrogen-bond acceptors (Lipinski definition) is 4. The number of anilines is 1. The van der Waals surface area contributed by atoms with Crippen molar-refractivity contribution in [3.8, 4) is 11.5 Å². The van der Waals surface area contributed by atoms with Crippen molar-refractivity contribution in [2.75, 3.05) is 11.4 Å². The molecule has 2 aromatic carbocycles. The van der Waals surface area contributed by atoms with Gasteiger partial charge in [0.05, 0.1) is 6.61 Å². The van der Waals surface area contributed by atoms with Crippen LogP contribution in [0.3, 0.4) is 0 Å². The number of carbonyl (C=O) groups is 1. The van der Waals surface area contributed by atoms with Crippen molar-refractivity contribution in [3.05, 3.63) is 48.0 Å². The molecule has 1 saturated heterocycles. The van der Waals surface area contributed by atoms with Crippen LogP contribution in [0.25, 0.3) is 22.6 Å². The summed E-state index contributed by atoms with van der Waals surface area (Å²) in [5.74, 6) is 0.670. The Kier molecular flexibility index (Phi) is 3.35. The van der Waals surface area contributed by atoms with Gasteiger partial charge in [-0.25, -0.2) is 4.98 Å². The predicted molar refractivity (Wildman–Crippen MR) is 87.0 cm³/mol. The van der Waals surface area contributed by atoms with E-state index in [2.05, 4.69) is 4.98 Å². The summed E-state index contributed by atoms with van der Waals surface area (Å²) in [5.41, 5.74) is 3.92. The van der Waals surface area contributed by atoms with Crippen LogP contribution in [0.5, 0.6) is 0 Å². The summed E-state index contributed by atoms with van der Waals surface area (Å²) in [6.07, 6.45) is 1.50. The van der Waals surface area contributed by atoms with Crippen LogP contribution in [0.1, 0.15) is 18.4 Å². The average Bonchev–Trinajstić information content (AvgIpc) is 3.20. The van der Waals surface area contributed by atoms with Gasteiger partial charge in [-0.05, 0) is 42.3 Å². The summed E-state index contributed by atoms with van der Waals surface area (Å²) < 4.78 is 5.80. The van der Waals surface area contributed by atoms with Crippen molar-refractivity contribution in [2.24, 2.45) is 0 Å². The Morgan fingerprint density at radius 2 is 2.13 bits per heavy atom. The number of carbonyl (C=O) groups excluding carboxylic acids is 1. The Hall–Kier alpha value is -2.66. The largest absolute Gasteiger partial charge is 0.436 e. The van der Waals surface area contributed by atoms with Crippen molar-refractivity contribution in [3.63, 3.8) is 0 Å². The lowest BCUT2D eigenvalue weighted by Crippen LogP contribution is -2.23. The van der Waals surface area contributed by atoms with Crippen LogP contribution in [0.2, 0.25) is 0 Å². The van der Waals surface area contributed by atoms with Crippen LogP contribution in [0.4, 0.5) is 5.69 Å². The van der Waals surface area contributed by atoms with Gasteiger partial charge in [-0.2, -0.15) is 0 Å². The number of fused-ring (bicyclic) bond motifs is 1. The van der Waals surface area contributed by atoms with E-state index >= 15 is 0 Å². The molecule has 0 aliphatic carbocycles. The maximum absolute atomic E-state index is 11.9. The lowest BCUT2D eigenvalue weighted by molar-refractivity contribution is -0.117. The minimum absolute atomic E-state index is 0.0186. The number of nitrogens with zero attached hydrogens (tertiary/aromatic N) is 2. The summed E-state index contributed by atoms with van der Waals surface area (Å²) in [5, 5.41) is 9.24. The van der Waals surface area contributed by atoms with Crippen molar-refractivity contribution >= 4 is 22.7 Å². The lowest BCUT2D eigenvalue weighted by atomic mass is 10.1. The molecule has 1 fully saturated rings. The van der Waals surface area contributed by atoms with Gasteiger partial charge in [0.2, 0.25) is 11.8 Å². The Bertz CT molecular complexity index is 885. The molecule has 2 heterocycles. The Morgan fingerprint density at radius 3 is 2.91 bits per heavy atom. The van der Waals surface area contributed by atoms with E-state index in [-0.39, 0.29) is 12.5 Å². The minimum Gasteiger partial charge on any atom is -0.436 e. The van der Waals surface area contributed by atoms with Crippen LogP contribution >= 0.6 is 0 Å². The third-order valence-electron chi connectivity index (χ3n) is 4.11. The van der Waals surface area contributed by atoms with Crippen LogP contribution < -0.4 is 4.90 Å². The van der Waals surface area contributed by atoms with Gasteiger partial charge in [0.1, 0.15) is 5.52 Å². The van der Waals surface area contributed by atoms with Crippen LogP contribution in [-0.2, 0) is 11.4 Å². The Morgan fingerprint density at radius 1 is 1.22 bits per heavy atom. The third-order valence-corrected chi connectivity index (χ3v) is 4.11. The van der Waals surface area contributed by atoms with E-state index in [1.54, 1.807) is 4.90 Å². The Balaban J connectivity index is 1.74. The SMILES string of the molecule is O=C1CCCN1c1ccc2oc(-c3cccc(CO)c3)nc2c1. The highest BCUT2D eigenvalue weighted by atomic mass is 16.3. The number of rotatable bonds is 3. The highest BCUT2D eigenvalue weighted by Crippen LogP contribution is 2.29. The van der Waals surface area contributed by atoms with Gasteiger partial charge in [-0.3, -0.25) is 4.79 Å². The molecule has 5 heteroatoms. The standard InChI is InChI=1S/C18H16N2O3/c21-11-12-3-1-4-13(9-12)18-19-15-10-14(6-7-16(15)23-18)20-8-2-5-17(20)22/h1,3-4,6-7,9-10,21H,2,5,8,11H2. The summed E-state index contributed by atoms with van der Waals surface area (Å²) in [6, 6.07) is 13.1. The summed E-state index contributed by atoms with van der Waals surface area (Å²) in [6.45, 7) is 0.739. The zero-order chi connectivity index (χ0) is 15.8. The zero-order valence-corrected chi connectivity index (χ0v) is 12.5. The van der Waals surface area contributed by atoms with Gasteiger partial charge in [0.15, 0.2) is 5.58 Å². The van der Waals surface area contributed by atoms with Crippen LogP contribution in [0.15, 0.2) is 46.9 Å². The van der Waals surface area contributed by atoms with Gasteiger partial charge in [-0.1, -0.05) is 12.1 Å². The van der Waals surface area contributed by atoms with E-state index in [9.17, 15) is 9.90 Å². The normalized spacial score (nSPS) is 14.8. The quantitative estimate of drug-likeness (QED) is 0.807. The molecule has 23 heavy (non-hydrogen) atoms. The fourth-order valence-corrected chi connectivity index (χ4v) is 2.93. The number of benzene rings is 2. The van der Waals surface area contributed by atoms with Crippen molar-refractivity contribution in [1.82, 2.24) is 4.98 Å². The smallest absolute Gasteiger partial charge is 0.227 e. The van der Waals surface area contributed by atoms with Gasteiger partial charge >= 0.3 is 0 Å². The molecule has 1 aromatic heterocycles. The molecule has 1 amide bonds. The summed E-state index contributed by atoms with van der Waals surface area (Å²) >= 11 is 0. The van der Waals surface area contributed by atoms with Gasteiger partial charge in [-0.15, -0.1) is 0 Å². The average molecular weight is 308 g/mol. The first-order valence-corrected chi connectivity index (χ1v) is 7.66. The van der Waals surface area contributed by atoms with Gasteiger partial charge in [0.25, 0.3) is 0 Å². The number of aliphatic hydroxyl groups excluding tert-OH is 1. The fraction of sp³-hybridized carbons (Fsp3) is 0.222. The molecule has 0 atom stereocenters. The van der Waals surface area contributed by atoms with E-state index in [0.717, 1.165) is 35.3 Å². The maximum atomic E-state index is 11.9. The molecule has 5 nitrogen and oxygen atoms in total. The van der Waals surface area contributed by atoms with E-state index in [0.29, 0.717) is 17.9 Å². The minimum atomic E-state index is -0.0186. The second-order valence-electron chi connectivity index (χ2n) is 5.68. The molecule has 0 unspecified atom stereocenters. The molecular formula is C18H16N2O3. The van der Waals surface area contributed by atoms with E-state index in [4.69, 9.17) is 4.42 Å². The molecular weight excluding hydrogens is 292 g/mol. The van der Waals surface area contributed by atoms with Crippen molar-refractivity contribution in [1.29, 1.82) is 0 Å². The van der Waals surface area contributed by atoms with Gasteiger partial charge < -0.3 is 14.4 Å². The van der Waals surface area contributed by atoms with Gasteiger partial charge in [0, 0.05) is 24.2 Å². The topological polar surface area (TPSA) is 66.6 Å². The molecule has 0 spiro atoms. The molecule has 4 rings (SSSR count). The predicted octanol–water partition coefficient (Wildman–Crippen LogP) is 3.11. The van der Waals surface area contributed by atoms with E-state index in [1.807, 2.05) is 42.5 Å². The second kappa shape index (κ2) is 5.52. The maximum Gasteiger partial charge on any atom is 0.227 e. The first kappa shape index (κ1) is 14.0. The van der Waals surface area contributed by atoms with Crippen LogP contribution in [0, 0.1) is 0 Å². The molecule has 0 saturated carbocycles. The van der Waals surface area contributed by atoms with Crippen LogP contribution in [-0.4, -0.2) is 22.5 Å². The first-order chi connectivity index (χ1) is 11.2. The number of aliphatic hydroxyl groups is 1. The highest BCUT2D eigenvalue weighted by Gasteiger charge is 2.22. The first-order valence-electron chi connectivity index (χ1n) is 7.66. The molecule has 0 bridgehead atoms. The number of aromatic nitrogens is 1. The third kappa shape index (κ3) is 2.49. The number of hydrogen-bond donors (Lipinski definition) is 1. The second-order valence-corrected chi connectivity index (χ2v) is 5.68. The van der Waals surface area contributed by atoms with E-state index in [1.165, 1.54) is 0 Å². The molecule has 0 radical (unpaired) electrons.